The van der Waals surface area contributed by atoms with Gasteiger partial charge in [-0.25, -0.2) is 18.4 Å². The number of carbonyl (C=O) groups excluding carboxylic acids is 2. The molecule has 1 aromatic heterocycles. The molecule has 3 heterocycles. The molecule has 192 valence electrons. The molecular formula is C26H28N6O4S. The summed E-state index contributed by atoms with van der Waals surface area (Å²) in [5.41, 5.74) is 2.23. The Balaban J connectivity index is 1.34. The summed E-state index contributed by atoms with van der Waals surface area (Å²) >= 11 is 0. The van der Waals surface area contributed by atoms with E-state index >= 15 is 0 Å². The number of anilines is 2. The number of aryl methyl sites for hydroxylation is 1. The van der Waals surface area contributed by atoms with Crippen molar-refractivity contribution >= 4 is 33.5 Å². The third-order valence-electron chi connectivity index (χ3n) is 6.59. The van der Waals surface area contributed by atoms with Crippen molar-refractivity contribution in [3.05, 3.63) is 78.1 Å². The lowest BCUT2D eigenvalue weighted by atomic mass is 10.0. The molecule has 10 nitrogen and oxygen atoms in total. The van der Waals surface area contributed by atoms with Gasteiger partial charge in [-0.3, -0.25) is 9.59 Å². The summed E-state index contributed by atoms with van der Waals surface area (Å²) < 4.78 is 29.5. The van der Waals surface area contributed by atoms with Gasteiger partial charge in [0.25, 0.3) is 0 Å². The quantitative estimate of drug-likeness (QED) is 0.485. The zero-order chi connectivity index (χ0) is 25.8. The van der Waals surface area contributed by atoms with E-state index in [4.69, 9.17) is 0 Å². The highest BCUT2D eigenvalue weighted by atomic mass is 32.2. The fourth-order valence-corrected chi connectivity index (χ4v) is 5.85. The lowest BCUT2D eigenvalue weighted by Crippen LogP contribution is -2.55. The Labute approximate surface area is 215 Å². The van der Waals surface area contributed by atoms with Crippen LogP contribution in [0, 0.1) is 0 Å². The van der Waals surface area contributed by atoms with Gasteiger partial charge >= 0.3 is 0 Å². The SMILES string of the molecule is O=C1CCc2cc(S(=O)(=O)NC(Cc3ccccc3)C(=O)N3CCN(c4ncccn4)CC3)ccc2N1. The van der Waals surface area contributed by atoms with Gasteiger partial charge in [0, 0.05) is 50.7 Å². The fourth-order valence-electron chi connectivity index (χ4n) is 4.61. The lowest BCUT2D eigenvalue weighted by molar-refractivity contribution is -0.133. The number of benzene rings is 2. The van der Waals surface area contributed by atoms with Crippen LogP contribution in [0.4, 0.5) is 11.6 Å². The smallest absolute Gasteiger partial charge is 0.241 e. The summed E-state index contributed by atoms with van der Waals surface area (Å²) in [5.74, 6) is 0.250. The standard InChI is InChI=1S/C26H28N6O4S/c33-24-10-7-20-18-21(8-9-22(20)29-24)37(35,36)30-23(17-19-5-2-1-3-6-19)25(34)31-13-15-32(16-14-31)26-27-11-4-12-28-26/h1-6,8-9,11-12,18,23,30H,7,10,13-17H2,(H,29,33). The van der Waals surface area contributed by atoms with Gasteiger partial charge < -0.3 is 15.1 Å². The molecule has 0 aliphatic carbocycles. The highest BCUT2D eigenvalue weighted by molar-refractivity contribution is 7.89. The number of nitrogens with zero attached hydrogens (tertiary/aromatic N) is 4. The molecule has 37 heavy (non-hydrogen) atoms. The van der Waals surface area contributed by atoms with Crippen LogP contribution in [0.15, 0.2) is 71.9 Å². The van der Waals surface area contributed by atoms with Crippen molar-refractivity contribution < 1.29 is 18.0 Å². The first-order valence-electron chi connectivity index (χ1n) is 12.2. The summed E-state index contributed by atoms with van der Waals surface area (Å²) in [4.78, 5) is 37.6. The zero-order valence-corrected chi connectivity index (χ0v) is 21.0. The number of fused-ring (bicyclic) bond motifs is 1. The van der Waals surface area contributed by atoms with Crippen LogP contribution in [0.2, 0.25) is 0 Å². The average molecular weight is 521 g/mol. The second kappa shape index (κ2) is 10.7. The van der Waals surface area contributed by atoms with Gasteiger partial charge in [0.2, 0.25) is 27.8 Å². The summed E-state index contributed by atoms with van der Waals surface area (Å²) in [5, 5.41) is 2.76. The number of piperazine rings is 1. The molecule has 2 aliphatic rings. The topological polar surface area (TPSA) is 125 Å². The van der Waals surface area contributed by atoms with Crippen LogP contribution in [0.25, 0.3) is 0 Å². The minimum atomic E-state index is -4.00. The maximum absolute atomic E-state index is 13.6. The normalized spacial score (nSPS) is 16.6. The number of amides is 2. The zero-order valence-electron chi connectivity index (χ0n) is 20.2. The number of rotatable bonds is 7. The molecule has 1 fully saturated rings. The predicted octanol–water partition coefficient (Wildman–Crippen LogP) is 1.60. The van der Waals surface area contributed by atoms with Crippen molar-refractivity contribution in [1.82, 2.24) is 19.6 Å². The molecule has 1 atom stereocenters. The molecule has 2 aliphatic heterocycles. The molecule has 1 saturated heterocycles. The van der Waals surface area contributed by atoms with E-state index in [-0.39, 0.29) is 23.1 Å². The van der Waals surface area contributed by atoms with Crippen LogP contribution in [-0.4, -0.2) is 67.3 Å². The van der Waals surface area contributed by atoms with Gasteiger partial charge in [0.1, 0.15) is 6.04 Å². The predicted molar refractivity (Wildman–Crippen MR) is 138 cm³/mol. The van der Waals surface area contributed by atoms with Crippen molar-refractivity contribution in [2.75, 3.05) is 36.4 Å². The molecule has 1 unspecified atom stereocenters. The first-order chi connectivity index (χ1) is 17.9. The van der Waals surface area contributed by atoms with E-state index in [0.29, 0.717) is 50.7 Å². The van der Waals surface area contributed by atoms with Crippen molar-refractivity contribution in [3.8, 4) is 0 Å². The number of nitrogens with one attached hydrogen (secondary N) is 2. The van der Waals surface area contributed by atoms with E-state index in [1.165, 1.54) is 6.07 Å². The molecule has 0 spiro atoms. The van der Waals surface area contributed by atoms with E-state index in [1.807, 2.05) is 35.2 Å². The number of sulfonamides is 1. The summed E-state index contributed by atoms with van der Waals surface area (Å²) in [7, 11) is -4.00. The molecule has 11 heteroatoms. The van der Waals surface area contributed by atoms with Gasteiger partial charge in [-0.05, 0) is 48.2 Å². The number of hydrogen-bond donors (Lipinski definition) is 2. The van der Waals surface area contributed by atoms with Crippen molar-refractivity contribution in [1.29, 1.82) is 0 Å². The van der Waals surface area contributed by atoms with E-state index in [1.54, 1.807) is 35.5 Å². The van der Waals surface area contributed by atoms with Gasteiger partial charge in [0.15, 0.2) is 0 Å². The molecule has 0 radical (unpaired) electrons. The number of carbonyl (C=O) groups is 2. The molecule has 0 bridgehead atoms. The summed E-state index contributed by atoms with van der Waals surface area (Å²) in [6.07, 6.45) is 4.35. The minimum absolute atomic E-state index is 0.0688. The molecule has 5 rings (SSSR count). The third kappa shape index (κ3) is 5.78. The first kappa shape index (κ1) is 24.8. The van der Waals surface area contributed by atoms with Crippen molar-refractivity contribution in [2.45, 2.75) is 30.2 Å². The van der Waals surface area contributed by atoms with E-state index < -0.39 is 16.1 Å². The van der Waals surface area contributed by atoms with Crippen molar-refractivity contribution in [2.24, 2.45) is 0 Å². The third-order valence-corrected chi connectivity index (χ3v) is 8.06. The van der Waals surface area contributed by atoms with Gasteiger partial charge in [-0.1, -0.05) is 30.3 Å². The Morgan fingerprint density at radius 2 is 1.70 bits per heavy atom. The second-order valence-corrected chi connectivity index (χ2v) is 10.8. The molecule has 2 N–H and O–H groups in total. The Hall–Kier alpha value is -3.83. The summed E-state index contributed by atoms with van der Waals surface area (Å²) in [6.45, 7) is 1.97. The second-order valence-electron chi connectivity index (χ2n) is 9.09. The molecule has 3 aromatic rings. The van der Waals surface area contributed by atoms with Crippen LogP contribution in [0.5, 0.6) is 0 Å². The number of hydrogen-bond acceptors (Lipinski definition) is 7. The average Bonchev–Trinajstić information content (AvgIpc) is 2.93. The van der Waals surface area contributed by atoms with Gasteiger partial charge in [-0.2, -0.15) is 4.72 Å². The first-order valence-corrected chi connectivity index (χ1v) is 13.7. The van der Waals surface area contributed by atoms with E-state index in [9.17, 15) is 18.0 Å². The van der Waals surface area contributed by atoms with Crippen molar-refractivity contribution in [3.63, 3.8) is 0 Å². The van der Waals surface area contributed by atoms with Crippen LogP contribution in [-0.2, 0) is 32.5 Å². The maximum atomic E-state index is 13.6. The molecular weight excluding hydrogens is 492 g/mol. The van der Waals surface area contributed by atoms with Crippen LogP contribution < -0.4 is 14.9 Å². The van der Waals surface area contributed by atoms with Crippen LogP contribution >= 0.6 is 0 Å². The van der Waals surface area contributed by atoms with Crippen LogP contribution in [0.1, 0.15) is 17.5 Å². The Morgan fingerprint density at radius 3 is 2.43 bits per heavy atom. The summed E-state index contributed by atoms with van der Waals surface area (Å²) in [6, 6.07) is 14.8. The Kier molecular flexibility index (Phi) is 7.15. The molecule has 2 amide bonds. The van der Waals surface area contributed by atoms with Gasteiger partial charge in [-0.15, -0.1) is 0 Å². The molecule has 0 saturated carbocycles. The highest BCUT2D eigenvalue weighted by Crippen LogP contribution is 2.26. The Bertz CT molecular complexity index is 1380. The monoisotopic (exact) mass is 520 g/mol. The number of aromatic nitrogens is 2. The Morgan fingerprint density at radius 1 is 0.973 bits per heavy atom. The molecule has 2 aromatic carbocycles. The fraction of sp³-hybridized carbons (Fsp3) is 0.308. The maximum Gasteiger partial charge on any atom is 0.241 e. The van der Waals surface area contributed by atoms with E-state index in [0.717, 1.165) is 11.1 Å². The van der Waals surface area contributed by atoms with Crippen LogP contribution in [0.3, 0.4) is 0 Å². The van der Waals surface area contributed by atoms with E-state index in [2.05, 4.69) is 20.0 Å². The van der Waals surface area contributed by atoms with Gasteiger partial charge in [0.05, 0.1) is 4.90 Å². The lowest BCUT2D eigenvalue weighted by Gasteiger charge is -2.36. The minimum Gasteiger partial charge on any atom is -0.338 e. The highest BCUT2D eigenvalue weighted by Gasteiger charge is 2.32. The largest absolute Gasteiger partial charge is 0.338 e.